The van der Waals surface area contributed by atoms with E-state index in [-0.39, 0.29) is 6.10 Å². The van der Waals surface area contributed by atoms with Crippen molar-refractivity contribution in [3.8, 4) is 0 Å². The van der Waals surface area contributed by atoms with Crippen molar-refractivity contribution in [3.05, 3.63) is 35.4 Å². The minimum absolute atomic E-state index is 0.357. The average molecular weight is 207 g/mol. The highest BCUT2D eigenvalue weighted by atomic mass is 16.3. The van der Waals surface area contributed by atoms with E-state index in [9.17, 15) is 5.11 Å². The Bertz CT molecular complexity index is 268. The minimum atomic E-state index is -0.357. The summed E-state index contributed by atoms with van der Waals surface area (Å²) in [7, 11) is 0. The maximum absolute atomic E-state index is 9.82. The van der Waals surface area contributed by atoms with E-state index < -0.39 is 0 Å². The van der Waals surface area contributed by atoms with E-state index in [2.05, 4.69) is 19.1 Å². The van der Waals surface area contributed by atoms with Crippen LogP contribution in [0.2, 0.25) is 0 Å². The summed E-state index contributed by atoms with van der Waals surface area (Å²) in [4.78, 5) is 0. The molecule has 0 bridgehead atoms. The summed E-state index contributed by atoms with van der Waals surface area (Å²) in [5, 5.41) is 9.82. The molecule has 1 atom stereocenters. The Hall–Kier alpha value is -0.860. The third-order valence-corrected chi connectivity index (χ3v) is 2.58. The number of hydrogen-bond donors (Lipinski definition) is 2. The van der Waals surface area contributed by atoms with E-state index in [4.69, 9.17) is 5.73 Å². The van der Waals surface area contributed by atoms with Gasteiger partial charge >= 0.3 is 0 Å². The maximum atomic E-state index is 9.82. The van der Waals surface area contributed by atoms with Gasteiger partial charge in [-0.15, -0.1) is 0 Å². The molecule has 3 N–H and O–H groups in total. The predicted octanol–water partition coefficient (Wildman–Crippen LogP) is 2.41. The molecule has 0 saturated carbocycles. The average Bonchev–Trinajstić information content (AvgIpc) is 2.27. The fraction of sp³-hybridized carbons (Fsp3) is 0.538. The molecule has 2 nitrogen and oxygen atoms in total. The zero-order valence-corrected chi connectivity index (χ0v) is 9.45. The topological polar surface area (TPSA) is 46.2 Å². The van der Waals surface area contributed by atoms with E-state index in [1.165, 1.54) is 5.56 Å². The number of benzene rings is 1. The van der Waals surface area contributed by atoms with Crippen molar-refractivity contribution >= 4 is 0 Å². The molecule has 1 rings (SSSR count). The highest BCUT2D eigenvalue weighted by Crippen LogP contribution is 2.18. The number of hydrogen-bond acceptors (Lipinski definition) is 2. The van der Waals surface area contributed by atoms with Crippen LogP contribution < -0.4 is 5.73 Å². The lowest BCUT2D eigenvalue weighted by molar-refractivity contribution is 0.165. The van der Waals surface area contributed by atoms with Crippen LogP contribution in [0.3, 0.4) is 0 Å². The number of nitrogens with two attached hydrogens (primary N) is 1. The van der Waals surface area contributed by atoms with Crippen LogP contribution in [0.1, 0.15) is 43.4 Å². The summed E-state index contributed by atoms with van der Waals surface area (Å²) < 4.78 is 0. The second-order valence-electron chi connectivity index (χ2n) is 3.94. The molecule has 84 valence electrons. The minimum Gasteiger partial charge on any atom is -0.388 e. The first-order chi connectivity index (χ1) is 7.27. The van der Waals surface area contributed by atoms with Gasteiger partial charge in [0.2, 0.25) is 0 Å². The van der Waals surface area contributed by atoms with Crippen molar-refractivity contribution in [1.82, 2.24) is 0 Å². The van der Waals surface area contributed by atoms with Gasteiger partial charge in [0, 0.05) is 0 Å². The number of aliphatic hydroxyl groups is 1. The second kappa shape index (κ2) is 6.59. The normalized spacial score (nSPS) is 12.7. The largest absolute Gasteiger partial charge is 0.388 e. The van der Waals surface area contributed by atoms with Gasteiger partial charge in [0.05, 0.1) is 6.10 Å². The van der Waals surface area contributed by atoms with Gasteiger partial charge in [-0.1, -0.05) is 37.6 Å². The molecule has 0 heterocycles. The molecule has 1 aromatic carbocycles. The smallest absolute Gasteiger partial charge is 0.0790 e. The van der Waals surface area contributed by atoms with Gasteiger partial charge in [-0.3, -0.25) is 0 Å². The fourth-order valence-corrected chi connectivity index (χ4v) is 1.67. The molecule has 1 unspecified atom stereocenters. The molecule has 0 radical (unpaired) electrons. The lowest BCUT2D eigenvalue weighted by Crippen LogP contribution is -2.03. The predicted molar refractivity (Wildman–Crippen MR) is 63.7 cm³/mol. The third kappa shape index (κ3) is 4.02. The zero-order chi connectivity index (χ0) is 11.1. The molecular weight excluding hydrogens is 186 g/mol. The summed E-state index contributed by atoms with van der Waals surface area (Å²) >= 11 is 0. The van der Waals surface area contributed by atoms with Gasteiger partial charge in [0.25, 0.3) is 0 Å². The molecule has 0 aromatic heterocycles. The number of aryl methyl sites for hydroxylation is 1. The lowest BCUT2D eigenvalue weighted by atomic mass is 10.0. The summed E-state index contributed by atoms with van der Waals surface area (Å²) in [5.74, 6) is 0. The first kappa shape index (κ1) is 12.2. The molecule has 0 aliphatic rings. The molecule has 2 heteroatoms. The Morgan fingerprint density at radius 3 is 2.47 bits per heavy atom. The van der Waals surface area contributed by atoms with Crippen molar-refractivity contribution < 1.29 is 5.11 Å². The lowest BCUT2D eigenvalue weighted by Gasteiger charge is -2.10. The first-order valence-corrected chi connectivity index (χ1v) is 5.75. The van der Waals surface area contributed by atoms with E-state index in [1.54, 1.807) is 0 Å². The molecule has 0 aliphatic heterocycles. The van der Waals surface area contributed by atoms with Crippen molar-refractivity contribution in [2.75, 3.05) is 6.54 Å². The quantitative estimate of drug-likeness (QED) is 0.752. The van der Waals surface area contributed by atoms with E-state index in [1.807, 2.05) is 12.1 Å². The van der Waals surface area contributed by atoms with Crippen LogP contribution in [0.5, 0.6) is 0 Å². The molecule has 0 fully saturated rings. The van der Waals surface area contributed by atoms with E-state index in [0.717, 1.165) is 31.2 Å². The van der Waals surface area contributed by atoms with Crippen LogP contribution in [0.15, 0.2) is 24.3 Å². The molecule has 0 amide bonds. The zero-order valence-electron chi connectivity index (χ0n) is 9.45. The molecule has 15 heavy (non-hydrogen) atoms. The van der Waals surface area contributed by atoms with Crippen molar-refractivity contribution in [2.45, 2.75) is 38.7 Å². The van der Waals surface area contributed by atoms with Crippen LogP contribution in [-0.4, -0.2) is 11.7 Å². The van der Waals surface area contributed by atoms with Crippen LogP contribution in [0.25, 0.3) is 0 Å². The van der Waals surface area contributed by atoms with Gasteiger partial charge in [0.15, 0.2) is 0 Å². The summed E-state index contributed by atoms with van der Waals surface area (Å²) in [6, 6.07) is 8.24. The van der Waals surface area contributed by atoms with E-state index >= 15 is 0 Å². The summed E-state index contributed by atoms with van der Waals surface area (Å²) in [6.45, 7) is 2.81. The van der Waals surface area contributed by atoms with Crippen LogP contribution in [0.4, 0.5) is 0 Å². The van der Waals surface area contributed by atoms with Crippen molar-refractivity contribution in [3.63, 3.8) is 0 Å². The highest BCUT2D eigenvalue weighted by molar-refractivity contribution is 5.24. The van der Waals surface area contributed by atoms with Crippen molar-refractivity contribution in [2.24, 2.45) is 5.73 Å². The SMILES string of the molecule is CCCc1ccc(C(O)CCCN)cc1. The summed E-state index contributed by atoms with van der Waals surface area (Å²) in [6.07, 6.45) is 3.54. The van der Waals surface area contributed by atoms with E-state index in [0.29, 0.717) is 6.54 Å². The van der Waals surface area contributed by atoms with Crippen molar-refractivity contribution in [1.29, 1.82) is 0 Å². The van der Waals surface area contributed by atoms with Crippen LogP contribution in [0, 0.1) is 0 Å². The second-order valence-corrected chi connectivity index (χ2v) is 3.94. The molecule has 0 saturated heterocycles. The van der Waals surface area contributed by atoms with Gasteiger partial charge in [-0.05, 0) is 36.9 Å². The monoisotopic (exact) mass is 207 g/mol. The van der Waals surface area contributed by atoms with Crippen LogP contribution >= 0.6 is 0 Å². The van der Waals surface area contributed by atoms with Gasteiger partial charge in [-0.2, -0.15) is 0 Å². The molecule has 1 aromatic rings. The third-order valence-electron chi connectivity index (χ3n) is 2.58. The van der Waals surface area contributed by atoms with Gasteiger partial charge in [-0.25, -0.2) is 0 Å². The Kier molecular flexibility index (Phi) is 5.37. The standard InChI is InChI=1S/C13H21NO/c1-2-4-11-6-8-12(9-7-11)13(15)5-3-10-14/h6-9,13,15H,2-5,10,14H2,1H3. The van der Waals surface area contributed by atoms with Gasteiger partial charge in [0.1, 0.15) is 0 Å². The van der Waals surface area contributed by atoms with Gasteiger partial charge < -0.3 is 10.8 Å². The number of rotatable bonds is 6. The Balaban J connectivity index is 2.54. The molecule has 0 spiro atoms. The summed E-state index contributed by atoms with van der Waals surface area (Å²) in [5.41, 5.74) is 7.75. The fourth-order valence-electron chi connectivity index (χ4n) is 1.67. The molecule has 0 aliphatic carbocycles. The molecular formula is C13H21NO. The first-order valence-electron chi connectivity index (χ1n) is 5.75. The Morgan fingerprint density at radius 2 is 1.93 bits per heavy atom. The Labute approximate surface area is 92.1 Å². The number of aliphatic hydroxyl groups excluding tert-OH is 1. The Morgan fingerprint density at radius 1 is 1.27 bits per heavy atom. The van der Waals surface area contributed by atoms with Crippen LogP contribution in [-0.2, 0) is 6.42 Å². The highest BCUT2D eigenvalue weighted by Gasteiger charge is 2.05. The maximum Gasteiger partial charge on any atom is 0.0790 e.